The summed E-state index contributed by atoms with van der Waals surface area (Å²) in [6.45, 7) is 1.06. The molecule has 4 aliphatic rings. The van der Waals surface area contributed by atoms with Crippen molar-refractivity contribution in [3.63, 3.8) is 0 Å². The minimum atomic E-state index is -4.02. The molecule has 0 aliphatic heterocycles. The standard InChI is InChI=1S/C15H20F2O4/c1-7(18)21-13(15(16,17)14(19)20)12-10-3-8-2-9(5-10)6-11(12)4-8/h8-13H,2-6H2,1H3,(H,19,20). The number of esters is 1. The molecule has 4 rings (SSSR count). The predicted molar refractivity (Wildman–Crippen MR) is 68.7 cm³/mol. The van der Waals surface area contributed by atoms with E-state index in [1.165, 1.54) is 6.42 Å². The number of carboxylic acids is 1. The van der Waals surface area contributed by atoms with Gasteiger partial charge in [0.15, 0.2) is 6.10 Å². The lowest BCUT2D eigenvalue weighted by atomic mass is 9.50. The molecular formula is C15H20F2O4. The number of rotatable bonds is 4. The van der Waals surface area contributed by atoms with Crippen LogP contribution in [0.3, 0.4) is 0 Å². The third kappa shape index (κ3) is 2.42. The Morgan fingerprint density at radius 2 is 1.57 bits per heavy atom. The zero-order valence-electron chi connectivity index (χ0n) is 11.9. The van der Waals surface area contributed by atoms with Gasteiger partial charge in [0.05, 0.1) is 0 Å². The second kappa shape index (κ2) is 4.92. The summed E-state index contributed by atoms with van der Waals surface area (Å²) in [7, 11) is 0. The Morgan fingerprint density at radius 1 is 1.10 bits per heavy atom. The van der Waals surface area contributed by atoms with Crippen LogP contribution in [0.4, 0.5) is 8.78 Å². The van der Waals surface area contributed by atoms with Gasteiger partial charge in [0, 0.05) is 12.8 Å². The monoisotopic (exact) mass is 302 g/mol. The summed E-state index contributed by atoms with van der Waals surface area (Å²) < 4.78 is 33.0. The summed E-state index contributed by atoms with van der Waals surface area (Å²) in [6, 6.07) is 0. The fourth-order valence-electron chi connectivity index (χ4n) is 5.16. The number of alkyl halides is 2. The van der Waals surface area contributed by atoms with E-state index in [1.54, 1.807) is 0 Å². The molecule has 0 spiro atoms. The van der Waals surface area contributed by atoms with Gasteiger partial charge < -0.3 is 9.84 Å². The van der Waals surface area contributed by atoms with E-state index in [-0.39, 0.29) is 11.8 Å². The first kappa shape index (κ1) is 14.7. The third-order valence-electron chi connectivity index (χ3n) is 5.58. The Kier molecular flexibility index (Phi) is 3.45. The Balaban J connectivity index is 1.89. The molecule has 0 aromatic heterocycles. The van der Waals surface area contributed by atoms with Crippen LogP contribution in [0.25, 0.3) is 0 Å². The van der Waals surface area contributed by atoms with E-state index in [4.69, 9.17) is 9.84 Å². The van der Waals surface area contributed by atoms with Gasteiger partial charge in [0.25, 0.3) is 0 Å². The normalized spacial score (nSPS) is 39.1. The molecule has 0 aromatic carbocycles. The lowest BCUT2D eigenvalue weighted by Crippen LogP contribution is -2.57. The van der Waals surface area contributed by atoms with E-state index in [1.807, 2.05) is 0 Å². The molecule has 0 saturated heterocycles. The second-order valence-corrected chi connectivity index (χ2v) is 6.97. The van der Waals surface area contributed by atoms with E-state index < -0.39 is 29.9 Å². The Hall–Kier alpha value is -1.20. The molecule has 0 aromatic rings. The fraction of sp³-hybridized carbons (Fsp3) is 0.867. The summed E-state index contributed by atoms with van der Waals surface area (Å²) in [4.78, 5) is 22.1. The third-order valence-corrected chi connectivity index (χ3v) is 5.58. The molecule has 4 saturated carbocycles. The van der Waals surface area contributed by atoms with Crippen LogP contribution in [-0.2, 0) is 14.3 Å². The molecule has 21 heavy (non-hydrogen) atoms. The Bertz CT molecular complexity index is 435. The Labute approximate surface area is 121 Å². The molecule has 0 radical (unpaired) electrons. The lowest BCUT2D eigenvalue weighted by molar-refractivity contribution is -0.217. The van der Waals surface area contributed by atoms with Gasteiger partial charge in [-0.05, 0) is 55.8 Å². The van der Waals surface area contributed by atoms with Crippen LogP contribution in [-0.4, -0.2) is 29.1 Å². The van der Waals surface area contributed by atoms with Gasteiger partial charge in [-0.1, -0.05) is 0 Å². The van der Waals surface area contributed by atoms with Crippen molar-refractivity contribution < 1.29 is 28.2 Å². The molecule has 6 heteroatoms. The van der Waals surface area contributed by atoms with Crippen LogP contribution in [0.5, 0.6) is 0 Å². The van der Waals surface area contributed by atoms with Crippen molar-refractivity contribution in [1.29, 1.82) is 0 Å². The zero-order chi connectivity index (χ0) is 15.4. The highest BCUT2D eigenvalue weighted by Crippen LogP contribution is 2.59. The first-order valence-corrected chi connectivity index (χ1v) is 7.57. The maximum absolute atomic E-state index is 14.1. The summed E-state index contributed by atoms with van der Waals surface area (Å²) in [5, 5.41) is 8.84. The Morgan fingerprint density at radius 3 is 1.95 bits per heavy atom. The summed E-state index contributed by atoms with van der Waals surface area (Å²) in [5.74, 6) is -6.29. The molecule has 4 bridgehead atoms. The van der Waals surface area contributed by atoms with Crippen molar-refractivity contribution in [2.45, 2.75) is 51.1 Å². The van der Waals surface area contributed by atoms with Crippen LogP contribution in [0.15, 0.2) is 0 Å². The quantitative estimate of drug-likeness (QED) is 0.811. The van der Waals surface area contributed by atoms with Crippen molar-refractivity contribution in [3.8, 4) is 0 Å². The number of carbonyl (C=O) groups is 2. The van der Waals surface area contributed by atoms with E-state index in [0.717, 1.165) is 32.6 Å². The predicted octanol–water partition coefficient (Wildman–Crippen LogP) is 2.71. The highest BCUT2D eigenvalue weighted by Gasteiger charge is 2.60. The van der Waals surface area contributed by atoms with E-state index in [9.17, 15) is 18.4 Å². The zero-order valence-corrected chi connectivity index (χ0v) is 11.9. The number of hydrogen-bond donors (Lipinski definition) is 1. The largest absolute Gasteiger partial charge is 0.477 e. The summed E-state index contributed by atoms with van der Waals surface area (Å²) in [5.41, 5.74) is 0. The number of carbonyl (C=O) groups excluding carboxylic acids is 1. The highest BCUT2D eigenvalue weighted by molar-refractivity contribution is 5.77. The first-order valence-electron chi connectivity index (χ1n) is 7.57. The molecule has 118 valence electrons. The van der Waals surface area contributed by atoms with Gasteiger partial charge in [-0.3, -0.25) is 4.79 Å². The SMILES string of the molecule is CC(=O)OC(C1C2CC3CC(C2)CC1C3)C(F)(F)C(=O)O. The molecule has 1 atom stereocenters. The summed E-state index contributed by atoms with van der Waals surface area (Å²) in [6.07, 6.45) is 2.81. The molecule has 1 N–H and O–H groups in total. The second-order valence-electron chi connectivity index (χ2n) is 6.97. The number of halogens is 2. The van der Waals surface area contributed by atoms with Gasteiger partial charge >= 0.3 is 17.9 Å². The van der Waals surface area contributed by atoms with Crippen LogP contribution < -0.4 is 0 Å². The maximum Gasteiger partial charge on any atom is 0.378 e. The number of aliphatic carboxylic acids is 1. The average Bonchev–Trinajstić information content (AvgIpc) is 2.35. The van der Waals surface area contributed by atoms with Crippen molar-refractivity contribution in [1.82, 2.24) is 0 Å². The van der Waals surface area contributed by atoms with E-state index in [2.05, 4.69) is 0 Å². The van der Waals surface area contributed by atoms with E-state index in [0.29, 0.717) is 11.8 Å². The lowest BCUT2D eigenvalue weighted by Gasteiger charge is -2.56. The smallest absolute Gasteiger partial charge is 0.378 e. The van der Waals surface area contributed by atoms with Crippen molar-refractivity contribution in [2.75, 3.05) is 0 Å². The van der Waals surface area contributed by atoms with Gasteiger partial charge in [-0.15, -0.1) is 0 Å². The van der Waals surface area contributed by atoms with Crippen LogP contribution in [0.1, 0.15) is 39.0 Å². The number of carboxylic acid groups (broad SMARTS) is 1. The van der Waals surface area contributed by atoms with Crippen molar-refractivity contribution in [3.05, 3.63) is 0 Å². The van der Waals surface area contributed by atoms with Gasteiger partial charge in [-0.2, -0.15) is 8.78 Å². The number of hydrogen-bond acceptors (Lipinski definition) is 3. The van der Waals surface area contributed by atoms with Gasteiger partial charge in [0.1, 0.15) is 0 Å². The molecule has 4 nitrogen and oxygen atoms in total. The topological polar surface area (TPSA) is 63.6 Å². The minimum absolute atomic E-state index is 0.0656. The molecule has 4 aliphatic carbocycles. The number of ether oxygens (including phenoxy) is 1. The van der Waals surface area contributed by atoms with Gasteiger partial charge in [0.2, 0.25) is 0 Å². The highest BCUT2D eigenvalue weighted by atomic mass is 19.3. The average molecular weight is 302 g/mol. The molecule has 4 fully saturated rings. The molecule has 1 unspecified atom stereocenters. The maximum atomic E-state index is 14.1. The molecule has 0 heterocycles. The van der Waals surface area contributed by atoms with Crippen molar-refractivity contribution >= 4 is 11.9 Å². The molecular weight excluding hydrogens is 282 g/mol. The fourth-order valence-corrected chi connectivity index (χ4v) is 5.16. The van der Waals surface area contributed by atoms with E-state index >= 15 is 0 Å². The van der Waals surface area contributed by atoms with Crippen LogP contribution >= 0.6 is 0 Å². The van der Waals surface area contributed by atoms with Crippen molar-refractivity contribution in [2.24, 2.45) is 29.6 Å². The van der Waals surface area contributed by atoms with Gasteiger partial charge in [-0.25, -0.2) is 4.79 Å². The van der Waals surface area contributed by atoms with Crippen LogP contribution in [0, 0.1) is 29.6 Å². The minimum Gasteiger partial charge on any atom is -0.477 e. The summed E-state index contributed by atoms with van der Waals surface area (Å²) >= 11 is 0. The van der Waals surface area contributed by atoms with Crippen LogP contribution in [0.2, 0.25) is 0 Å². The molecule has 0 amide bonds. The first-order chi connectivity index (χ1) is 9.79.